The van der Waals surface area contributed by atoms with E-state index in [0.717, 1.165) is 39.3 Å². The van der Waals surface area contributed by atoms with Crippen molar-refractivity contribution in [3.63, 3.8) is 0 Å². The molecule has 0 unspecified atom stereocenters. The summed E-state index contributed by atoms with van der Waals surface area (Å²) in [5, 5.41) is 10.3. The van der Waals surface area contributed by atoms with Crippen LogP contribution < -0.4 is 10.1 Å². The van der Waals surface area contributed by atoms with E-state index < -0.39 is 0 Å². The van der Waals surface area contributed by atoms with Gasteiger partial charge in [-0.25, -0.2) is 0 Å². The van der Waals surface area contributed by atoms with Crippen molar-refractivity contribution < 1.29 is 4.74 Å². The second kappa shape index (κ2) is 5.44. The highest BCUT2D eigenvalue weighted by Crippen LogP contribution is 2.32. The van der Waals surface area contributed by atoms with Crippen LogP contribution in [-0.2, 0) is 6.54 Å². The van der Waals surface area contributed by atoms with Crippen LogP contribution in [-0.4, -0.2) is 17.3 Å². The molecule has 4 nitrogen and oxygen atoms in total. The highest BCUT2D eigenvalue weighted by Gasteiger charge is 2.09. The van der Waals surface area contributed by atoms with Gasteiger partial charge in [-0.3, -0.25) is 5.10 Å². The molecule has 0 saturated carbocycles. The summed E-state index contributed by atoms with van der Waals surface area (Å²) in [5.41, 5.74) is 4.39. The molecule has 2 N–H and O–H groups in total. The van der Waals surface area contributed by atoms with Gasteiger partial charge >= 0.3 is 0 Å². The van der Waals surface area contributed by atoms with Crippen molar-refractivity contribution in [1.29, 1.82) is 0 Å². The van der Waals surface area contributed by atoms with Gasteiger partial charge < -0.3 is 10.1 Å². The SMILES string of the molecule is COc1cc(Br)cc(C)c1NCc1cn[nH]c1C. The number of nitrogens with one attached hydrogen (secondary N) is 2. The summed E-state index contributed by atoms with van der Waals surface area (Å²) in [6.45, 7) is 4.79. The largest absolute Gasteiger partial charge is 0.495 e. The lowest BCUT2D eigenvalue weighted by Crippen LogP contribution is -2.03. The number of rotatable bonds is 4. The molecular formula is C13H16BrN3O. The first kappa shape index (κ1) is 13.0. The number of methoxy groups -OCH3 is 1. The van der Waals surface area contributed by atoms with Crippen molar-refractivity contribution in [3.8, 4) is 5.75 Å². The normalized spacial score (nSPS) is 10.4. The third kappa shape index (κ3) is 2.67. The third-order valence-corrected chi connectivity index (χ3v) is 3.33. The van der Waals surface area contributed by atoms with Gasteiger partial charge in [0.15, 0.2) is 0 Å². The van der Waals surface area contributed by atoms with Gasteiger partial charge in [0.25, 0.3) is 0 Å². The number of hydrogen-bond acceptors (Lipinski definition) is 3. The number of aryl methyl sites for hydroxylation is 2. The number of hydrogen-bond donors (Lipinski definition) is 2. The molecule has 2 rings (SSSR count). The van der Waals surface area contributed by atoms with E-state index in [1.807, 2.05) is 19.2 Å². The third-order valence-electron chi connectivity index (χ3n) is 2.87. The minimum Gasteiger partial charge on any atom is -0.495 e. The molecule has 18 heavy (non-hydrogen) atoms. The Morgan fingerprint density at radius 3 is 2.78 bits per heavy atom. The monoisotopic (exact) mass is 309 g/mol. The fourth-order valence-corrected chi connectivity index (χ4v) is 2.39. The summed E-state index contributed by atoms with van der Waals surface area (Å²) in [4.78, 5) is 0. The molecule has 1 aromatic heterocycles. The molecule has 0 atom stereocenters. The lowest BCUT2D eigenvalue weighted by Gasteiger charge is -2.14. The summed E-state index contributed by atoms with van der Waals surface area (Å²) in [7, 11) is 1.68. The standard InChI is InChI=1S/C13H16BrN3O/c1-8-4-11(14)5-12(18-3)13(8)15-6-10-7-16-17-9(10)2/h4-5,7,15H,6H2,1-3H3,(H,16,17). The van der Waals surface area contributed by atoms with E-state index in [2.05, 4.69) is 44.4 Å². The van der Waals surface area contributed by atoms with Crippen LogP contribution >= 0.6 is 15.9 Å². The van der Waals surface area contributed by atoms with Crippen LogP contribution in [0.15, 0.2) is 22.8 Å². The van der Waals surface area contributed by atoms with Crippen molar-refractivity contribution in [1.82, 2.24) is 10.2 Å². The van der Waals surface area contributed by atoms with Crippen LogP contribution in [0.2, 0.25) is 0 Å². The Balaban J connectivity index is 2.21. The summed E-state index contributed by atoms with van der Waals surface area (Å²) < 4.78 is 6.41. The molecule has 96 valence electrons. The molecule has 0 amide bonds. The first-order chi connectivity index (χ1) is 8.61. The minimum absolute atomic E-state index is 0.723. The molecule has 1 aromatic carbocycles. The Morgan fingerprint density at radius 2 is 2.17 bits per heavy atom. The van der Waals surface area contributed by atoms with Gasteiger partial charge in [0.2, 0.25) is 0 Å². The lowest BCUT2D eigenvalue weighted by atomic mass is 10.1. The topological polar surface area (TPSA) is 49.9 Å². The zero-order valence-electron chi connectivity index (χ0n) is 10.7. The number of nitrogens with zero attached hydrogens (tertiary/aromatic N) is 1. The van der Waals surface area contributed by atoms with E-state index in [9.17, 15) is 0 Å². The fourth-order valence-electron chi connectivity index (χ4n) is 1.84. The maximum absolute atomic E-state index is 5.39. The first-order valence-electron chi connectivity index (χ1n) is 5.68. The fraction of sp³-hybridized carbons (Fsp3) is 0.308. The predicted octanol–water partition coefficient (Wildman–Crippen LogP) is 3.41. The first-order valence-corrected chi connectivity index (χ1v) is 6.48. The van der Waals surface area contributed by atoms with Gasteiger partial charge in [-0.15, -0.1) is 0 Å². The van der Waals surface area contributed by atoms with Gasteiger partial charge in [0, 0.05) is 22.3 Å². The number of H-pyrrole nitrogens is 1. The van der Waals surface area contributed by atoms with Crippen LogP contribution in [0.3, 0.4) is 0 Å². The molecule has 0 fully saturated rings. The smallest absolute Gasteiger partial charge is 0.143 e. The Morgan fingerprint density at radius 1 is 1.39 bits per heavy atom. The summed E-state index contributed by atoms with van der Waals surface area (Å²) in [6.07, 6.45) is 1.84. The zero-order chi connectivity index (χ0) is 13.1. The molecule has 0 saturated heterocycles. The maximum atomic E-state index is 5.39. The van der Waals surface area contributed by atoms with Gasteiger partial charge in [-0.05, 0) is 31.5 Å². The molecule has 0 radical (unpaired) electrons. The van der Waals surface area contributed by atoms with Crippen molar-refractivity contribution in [2.45, 2.75) is 20.4 Å². The van der Waals surface area contributed by atoms with Crippen LogP contribution in [0.1, 0.15) is 16.8 Å². The Kier molecular flexibility index (Phi) is 3.91. The lowest BCUT2D eigenvalue weighted by molar-refractivity contribution is 0.416. The molecule has 0 aliphatic rings. The average molecular weight is 310 g/mol. The second-order valence-electron chi connectivity index (χ2n) is 4.17. The number of ether oxygens (including phenoxy) is 1. The van der Waals surface area contributed by atoms with E-state index in [1.165, 1.54) is 0 Å². The van der Waals surface area contributed by atoms with Gasteiger partial charge in [-0.2, -0.15) is 5.10 Å². The van der Waals surface area contributed by atoms with Crippen molar-refractivity contribution in [2.75, 3.05) is 12.4 Å². The van der Waals surface area contributed by atoms with Crippen molar-refractivity contribution in [2.24, 2.45) is 0 Å². The number of anilines is 1. The Labute approximate surface area is 115 Å². The second-order valence-corrected chi connectivity index (χ2v) is 5.09. The van der Waals surface area contributed by atoms with E-state index in [4.69, 9.17) is 4.74 Å². The highest BCUT2D eigenvalue weighted by atomic mass is 79.9. The molecule has 5 heteroatoms. The summed E-state index contributed by atoms with van der Waals surface area (Å²) >= 11 is 3.47. The van der Waals surface area contributed by atoms with Crippen LogP contribution in [0.5, 0.6) is 5.75 Å². The van der Waals surface area contributed by atoms with Gasteiger partial charge in [-0.1, -0.05) is 15.9 Å². The number of aromatic amines is 1. The van der Waals surface area contributed by atoms with E-state index in [1.54, 1.807) is 7.11 Å². The quantitative estimate of drug-likeness (QED) is 0.910. The predicted molar refractivity (Wildman–Crippen MR) is 76.1 cm³/mol. The maximum Gasteiger partial charge on any atom is 0.143 e. The Hall–Kier alpha value is -1.49. The van der Waals surface area contributed by atoms with Gasteiger partial charge in [0.05, 0.1) is 19.0 Å². The van der Waals surface area contributed by atoms with E-state index >= 15 is 0 Å². The molecule has 0 aliphatic heterocycles. The molecule has 2 aromatic rings. The molecule has 0 bridgehead atoms. The number of aromatic nitrogens is 2. The molecule has 1 heterocycles. The Bertz CT molecular complexity index is 551. The minimum atomic E-state index is 0.723. The molecular weight excluding hydrogens is 294 g/mol. The van der Waals surface area contributed by atoms with Crippen molar-refractivity contribution in [3.05, 3.63) is 39.6 Å². The van der Waals surface area contributed by atoms with Crippen molar-refractivity contribution >= 4 is 21.6 Å². The summed E-state index contributed by atoms with van der Waals surface area (Å²) in [6, 6.07) is 4.02. The molecule has 0 aliphatic carbocycles. The van der Waals surface area contributed by atoms with Crippen LogP contribution in [0, 0.1) is 13.8 Å². The highest BCUT2D eigenvalue weighted by molar-refractivity contribution is 9.10. The molecule has 0 spiro atoms. The number of benzene rings is 1. The van der Waals surface area contributed by atoms with Gasteiger partial charge in [0.1, 0.15) is 5.75 Å². The van der Waals surface area contributed by atoms with E-state index in [0.29, 0.717) is 0 Å². The van der Waals surface area contributed by atoms with Crippen LogP contribution in [0.25, 0.3) is 0 Å². The van der Waals surface area contributed by atoms with E-state index in [-0.39, 0.29) is 0 Å². The summed E-state index contributed by atoms with van der Waals surface area (Å²) in [5.74, 6) is 0.836. The average Bonchev–Trinajstić information content (AvgIpc) is 2.73. The number of halogens is 1. The van der Waals surface area contributed by atoms with Crippen LogP contribution in [0.4, 0.5) is 5.69 Å². The zero-order valence-corrected chi connectivity index (χ0v) is 12.3.